The predicted molar refractivity (Wildman–Crippen MR) is 89.4 cm³/mol. The normalized spacial score (nSPS) is 12.2. The van der Waals surface area contributed by atoms with Crippen molar-refractivity contribution in [3.05, 3.63) is 29.8 Å². The van der Waals surface area contributed by atoms with Gasteiger partial charge in [0, 0.05) is 30.8 Å². The molecule has 0 radical (unpaired) electrons. The van der Waals surface area contributed by atoms with Crippen LogP contribution in [-0.4, -0.2) is 47.1 Å². The van der Waals surface area contributed by atoms with Gasteiger partial charge in [0.15, 0.2) is 0 Å². The zero-order chi connectivity index (χ0) is 15.8. The van der Waals surface area contributed by atoms with E-state index in [1.54, 1.807) is 31.2 Å². The van der Waals surface area contributed by atoms with Crippen molar-refractivity contribution in [1.29, 1.82) is 0 Å². The molecule has 1 aromatic carbocycles. The number of carbonyl (C=O) groups excluding carboxylic acids is 1. The second kappa shape index (κ2) is 8.71. The van der Waals surface area contributed by atoms with Gasteiger partial charge in [-0.2, -0.15) is 0 Å². The molecule has 0 aliphatic rings. The fraction of sp³-hybridized carbons (Fsp3) is 0.467. The van der Waals surface area contributed by atoms with Gasteiger partial charge < -0.3 is 21.1 Å². The number of nitrogens with two attached hydrogens (primary N) is 1. The van der Waals surface area contributed by atoms with Gasteiger partial charge in [-0.1, -0.05) is 12.2 Å². The lowest BCUT2D eigenvalue weighted by Crippen LogP contribution is -2.26. The first-order valence-electron chi connectivity index (χ1n) is 6.95. The third-order valence-electron chi connectivity index (χ3n) is 3.10. The number of carbonyl (C=O) groups is 1. The van der Waals surface area contributed by atoms with Gasteiger partial charge in [0.2, 0.25) is 5.91 Å². The Kier molecular flexibility index (Phi) is 7.28. The molecule has 0 spiro atoms. The Morgan fingerprint density at radius 1 is 1.38 bits per heavy atom. The van der Waals surface area contributed by atoms with Crippen molar-refractivity contribution in [3.8, 4) is 0 Å². The van der Waals surface area contributed by atoms with Crippen molar-refractivity contribution in [2.24, 2.45) is 5.73 Å². The highest BCUT2D eigenvalue weighted by Crippen LogP contribution is 2.10. The Hall–Kier alpha value is -1.50. The molecule has 0 aromatic heterocycles. The van der Waals surface area contributed by atoms with Gasteiger partial charge in [-0.25, -0.2) is 0 Å². The lowest BCUT2D eigenvalue weighted by Gasteiger charge is -2.17. The lowest BCUT2D eigenvalue weighted by atomic mass is 10.2. The van der Waals surface area contributed by atoms with Crippen molar-refractivity contribution in [2.45, 2.75) is 25.9 Å². The van der Waals surface area contributed by atoms with Crippen molar-refractivity contribution >= 4 is 28.8 Å². The molecule has 116 valence electrons. The minimum Gasteiger partial charge on any atom is -0.393 e. The monoisotopic (exact) mass is 309 g/mol. The topological polar surface area (TPSA) is 78.6 Å². The van der Waals surface area contributed by atoms with Crippen LogP contribution in [0.15, 0.2) is 24.3 Å². The molecule has 6 heteroatoms. The summed E-state index contributed by atoms with van der Waals surface area (Å²) >= 11 is 4.87. The van der Waals surface area contributed by atoms with E-state index in [9.17, 15) is 9.90 Å². The Balaban J connectivity index is 2.34. The van der Waals surface area contributed by atoms with Crippen molar-refractivity contribution in [1.82, 2.24) is 4.90 Å². The number of rotatable bonds is 8. The van der Waals surface area contributed by atoms with Gasteiger partial charge in [-0.05, 0) is 44.7 Å². The van der Waals surface area contributed by atoms with Crippen LogP contribution in [0.1, 0.15) is 25.3 Å². The van der Waals surface area contributed by atoms with Gasteiger partial charge in [0.1, 0.15) is 4.99 Å². The summed E-state index contributed by atoms with van der Waals surface area (Å²) in [6, 6.07) is 7.13. The molecule has 0 fully saturated rings. The van der Waals surface area contributed by atoms with Crippen LogP contribution in [0.3, 0.4) is 0 Å². The summed E-state index contributed by atoms with van der Waals surface area (Å²) in [4.78, 5) is 14.2. The number of nitrogens with one attached hydrogen (secondary N) is 1. The van der Waals surface area contributed by atoms with Gasteiger partial charge in [-0.3, -0.25) is 4.79 Å². The summed E-state index contributed by atoms with van der Waals surface area (Å²) in [5.74, 6) is -0.0398. The molecule has 5 nitrogen and oxygen atoms in total. The molecule has 1 atom stereocenters. The van der Waals surface area contributed by atoms with Gasteiger partial charge >= 0.3 is 0 Å². The lowest BCUT2D eigenvalue weighted by molar-refractivity contribution is -0.116. The van der Waals surface area contributed by atoms with E-state index in [1.807, 2.05) is 11.9 Å². The third-order valence-corrected chi connectivity index (χ3v) is 3.34. The molecule has 4 N–H and O–H groups in total. The largest absolute Gasteiger partial charge is 0.393 e. The number of benzene rings is 1. The SMILES string of the molecule is CC(O)CCN(C)CCC(=O)Nc1ccc(C(N)=S)cc1. The second-order valence-corrected chi connectivity index (χ2v) is 5.62. The van der Waals surface area contributed by atoms with Crippen LogP contribution in [0.5, 0.6) is 0 Å². The molecule has 0 aliphatic carbocycles. The Bertz CT molecular complexity index is 474. The summed E-state index contributed by atoms with van der Waals surface area (Å²) in [5.41, 5.74) is 7.02. The van der Waals surface area contributed by atoms with Crippen molar-refractivity contribution in [3.63, 3.8) is 0 Å². The van der Waals surface area contributed by atoms with Crippen molar-refractivity contribution < 1.29 is 9.90 Å². The summed E-state index contributed by atoms with van der Waals surface area (Å²) in [6.45, 7) is 3.19. The number of aliphatic hydroxyl groups excluding tert-OH is 1. The van der Waals surface area contributed by atoms with Crippen LogP contribution in [0.25, 0.3) is 0 Å². The minimum absolute atomic E-state index is 0.0398. The Morgan fingerprint density at radius 3 is 2.52 bits per heavy atom. The standard InChI is InChI=1S/C15H23N3O2S/c1-11(19)7-9-18(2)10-8-14(20)17-13-5-3-12(4-6-13)15(16)21/h3-6,11,19H,7-10H2,1-2H3,(H2,16,21)(H,17,20). The second-order valence-electron chi connectivity index (χ2n) is 5.18. The third kappa shape index (κ3) is 7.17. The van der Waals surface area contributed by atoms with Crippen LogP contribution in [0.2, 0.25) is 0 Å². The smallest absolute Gasteiger partial charge is 0.225 e. The van der Waals surface area contributed by atoms with Crippen LogP contribution in [0.4, 0.5) is 5.69 Å². The zero-order valence-corrected chi connectivity index (χ0v) is 13.3. The minimum atomic E-state index is -0.312. The highest BCUT2D eigenvalue weighted by atomic mass is 32.1. The van der Waals surface area contributed by atoms with E-state index in [-0.39, 0.29) is 12.0 Å². The molecule has 21 heavy (non-hydrogen) atoms. The van der Waals surface area contributed by atoms with E-state index in [1.165, 1.54) is 0 Å². The zero-order valence-electron chi connectivity index (χ0n) is 12.5. The molecule has 1 amide bonds. The number of nitrogens with zero attached hydrogens (tertiary/aromatic N) is 1. The number of amides is 1. The molecule has 1 rings (SSSR count). The average Bonchev–Trinajstić information content (AvgIpc) is 2.43. The van der Waals surface area contributed by atoms with Gasteiger partial charge in [0.05, 0.1) is 6.10 Å². The van der Waals surface area contributed by atoms with E-state index < -0.39 is 0 Å². The molecule has 1 unspecified atom stereocenters. The Morgan fingerprint density at radius 2 is 2.00 bits per heavy atom. The fourth-order valence-electron chi connectivity index (χ4n) is 1.75. The molecule has 0 heterocycles. The fourth-order valence-corrected chi connectivity index (χ4v) is 1.89. The molecule has 0 saturated carbocycles. The first kappa shape index (κ1) is 17.6. The number of aliphatic hydroxyl groups is 1. The van der Waals surface area contributed by atoms with E-state index in [0.29, 0.717) is 24.4 Å². The van der Waals surface area contributed by atoms with E-state index in [0.717, 1.165) is 17.8 Å². The van der Waals surface area contributed by atoms with E-state index in [4.69, 9.17) is 18.0 Å². The highest BCUT2D eigenvalue weighted by Gasteiger charge is 2.06. The van der Waals surface area contributed by atoms with Crippen molar-refractivity contribution in [2.75, 3.05) is 25.5 Å². The number of hydrogen-bond acceptors (Lipinski definition) is 4. The van der Waals surface area contributed by atoms with Gasteiger partial charge in [-0.15, -0.1) is 0 Å². The predicted octanol–water partition coefficient (Wildman–Crippen LogP) is 1.35. The van der Waals surface area contributed by atoms with Crippen LogP contribution < -0.4 is 11.1 Å². The molecular weight excluding hydrogens is 286 g/mol. The number of anilines is 1. The molecule has 0 aliphatic heterocycles. The molecule has 1 aromatic rings. The van der Waals surface area contributed by atoms with E-state index in [2.05, 4.69) is 5.32 Å². The quantitative estimate of drug-likeness (QED) is 0.632. The molecule has 0 saturated heterocycles. The first-order valence-corrected chi connectivity index (χ1v) is 7.35. The Labute approximate surface area is 131 Å². The average molecular weight is 309 g/mol. The van der Waals surface area contributed by atoms with Crippen LogP contribution in [0, 0.1) is 0 Å². The van der Waals surface area contributed by atoms with Crippen LogP contribution >= 0.6 is 12.2 Å². The first-order chi connectivity index (χ1) is 9.88. The number of thiocarbonyl (C=S) groups is 1. The summed E-state index contributed by atoms with van der Waals surface area (Å²) in [7, 11) is 1.94. The van der Waals surface area contributed by atoms with Gasteiger partial charge in [0.25, 0.3) is 0 Å². The summed E-state index contributed by atoms with van der Waals surface area (Å²) < 4.78 is 0. The maximum Gasteiger partial charge on any atom is 0.225 e. The van der Waals surface area contributed by atoms with E-state index >= 15 is 0 Å². The molecular formula is C15H23N3O2S. The summed E-state index contributed by atoms with van der Waals surface area (Å²) in [6.07, 6.45) is 0.805. The van der Waals surface area contributed by atoms with Crippen LogP contribution in [-0.2, 0) is 4.79 Å². The maximum absolute atomic E-state index is 11.8. The molecule has 0 bridgehead atoms. The summed E-state index contributed by atoms with van der Waals surface area (Å²) in [5, 5.41) is 12.0. The maximum atomic E-state index is 11.8. The highest BCUT2D eigenvalue weighted by molar-refractivity contribution is 7.80. The number of hydrogen-bond donors (Lipinski definition) is 3.